The predicted octanol–water partition coefficient (Wildman–Crippen LogP) is 4.36. The topological polar surface area (TPSA) is 41.6 Å². The maximum Gasteiger partial charge on any atom is 0.410 e. The van der Waals surface area contributed by atoms with Crippen molar-refractivity contribution in [2.45, 2.75) is 38.4 Å². The van der Waals surface area contributed by atoms with E-state index in [2.05, 4.69) is 5.43 Å². The minimum Gasteiger partial charge on any atom is -0.493 e. The standard InChI is InChI=1S/C19H21F3N2O2/c1-2-3-10-26-16-12-14-7-5-4-6-13(14)11-15(16)18(19(20,21)22)24-9-8-17(25)23-24/h4-7,11-12,18H,2-3,8-10H2,1H3,(H,23,25). The van der Waals surface area contributed by atoms with E-state index in [1.165, 1.54) is 6.07 Å². The van der Waals surface area contributed by atoms with Crippen LogP contribution in [0.2, 0.25) is 0 Å². The molecule has 0 aliphatic carbocycles. The molecule has 1 saturated heterocycles. The van der Waals surface area contributed by atoms with E-state index in [0.717, 1.165) is 23.2 Å². The Kier molecular flexibility index (Phi) is 5.36. The molecule has 0 bridgehead atoms. The highest BCUT2D eigenvalue weighted by Gasteiger charge is 2.48. The molecule has 1 amide bonds. The number of fused-ring (bicyclic) bond motifs is 1. The number of nitrogens with one attached hydrogen (secondary N) is 1. The summed E-state index contributed by atoms with van der Waals surface area (Å²) in [6.07, 6.45) is -2.87. The number of carbonyl (C=O) groups is 1. The van der Waals surface area contributed by atoms with Gasteiger partial charge in [-0.15, -0.1) is 0 Å². The molecule has 2 aromatic carbocycles. The summed E-state index contributed by atoms with van der Waals surface area (Å²) in [4.78, 5) is 11.5. The Labute approximate surface area is 149 Å². The van der Waals surface area contributed by atoms with Gasteiger partial charge in [-0.1, -0.05) is 37.6 Å². The molecule has 1 unspecified atom stereocenters. The molecule has 140 valence electrons. The highest BCUT2D eigenvalue weighted by molar-refractivity contribution is 5.85. The van der Waals surface area contributed by atoms with Crippen LogP contribution in [-0.2, 0) is 4.79 Å². The van der Waals surface area contributed by atoms with E-state index >= 15 is 0 Å². The van der Waals surface area contributed by atoms with E-state index in [9.17, 15) is 18.0 Å². The quantitative estimate of drug-likeness (QED) is 0.773. The number of benzene rings is 2. The van der Waals surface area contributed by atoms with Gasteiger partial charge in [0.2, 0.25) is 5.91 Å². The molecule has 0 saturated carbocycles. The zero-order valence-electron chi connectivity index (χ0n) is 14.5. The average Bonchev–Trinajstić information content (AvgIpc) is 3.00. The Bertz CT molecular complexity index is 792. The molecular formula is C19H21F3N2O2. The zero-order valence-corrected chi connectivity index (χ0v) is 14.5. The van der Waals surface area contributed by atoms with Crippen molar-refractivity contribution in [3.05, 3.63) is 42.0 Å². The number of ether oxygens (including phenoxy) is 1. The first-order valence-electron chi connectivity index (χ1n) is 8.68. The molecule has 1 aliphatic heterocycles. The van der Waals surface area contributed by atoms with Crippen LogP contribution in [0, 0.1) is 0 Å². The van der Waals surface area contributed by atoms with Gasteiger partial charge < -0.3 is 4.74 Å². The summed E-state index contributed by atoms with van der Waals surface area (Å²) in [6.45, 7) is 2.34. The van der Waals surface area contributed by atoms with Crippen LogP contribution in [0.4, 0.5) is 13.2 Å². The van der Waals surface area contributed by atoms with Crippen molar-refractivity contribution in [1.29, 1.82) is 0 Å². The molecule has 7 heteroatoms. The molecule has 1 aliphatic rings. The van der Waals surface area contributed by atoms with E-state index in [4.69, 9.17) is 4.74 Å². The summed E-state index contributed by atoms with van der Waals surface area (Å²) in [5.41, 5.74) is 2.34. The second-order valence-corrected chi connectivity index (χ2v) is 6.36. The fourth-order valence-corrected chi connectivity index (χ4v) is 3.11. The number of halogens is 3. The molecule has 3 rings (SSSR count). The maximum absolute atomic E-state index is 13.9. The van der Waals surface area contributed by atoms with Crippen molar-refractivity contribution in [1.82, 2.24) is 10.4 Å². The van der Waals surface area contributed by atoms with E-state index in [0.29, 0.717) is 12.0 Å². The number of alkyl halides is 3. The minimum atomic E-state index is -4.55. The van der Waals surface area contributed by atoms with Gasteiger partial charge in [-0.3, -0.25) is 10.2 Å². The van der Waals surface area contributed by atoms with E-state index in [1.54, 1.807) is 18.2 Å². The highest BCUT2D eigenvalue weighted by Crippen LogP contribution is 2.43. The molecule has 1 heterocycles. The first-order valence-corrected chi connectivity index (χ1v) is 8.68. The maximum atomic E-state index is 13.9. The lowest BCUT2D eigenvalue weighted by atomic mass is 9.99. The van der Waals surface area contributed by atoms with Gasteiger partial charge in [-0.2, -0.15) is 13.2 Å². The fraction of sp³-hybridized carbons (Fsp3) is 0.421. The Hall–Kier alpha value is -2.28. The summed E-state index contributed by atoms with van der Waals surface area (Å²) < 4.78 is 47.4. The predicted molar refractivity (Wildman–Crippen MR) is 92.6 cm³/mol. The lowest BCUT2D eigenvalue weighted by molar-refractivity contribution is -0.191. The van der Waals surface area contributed by atoms with Crippen LogP contribution in [0.25, 0.3) is 10.8 Å². The third-order valence-corrected chi connectivity index (χ3v) is 4.40. The molecule has 1 N–H and O–H groups in total. The van der Waals surface area contributed by atoms with Gasteiger partial charge in [-0.25, -0.2) is 5.01 Å². The van der Waals surface area contributed by atoms with Crippen LogP contribution >= 0.6 is 0 Å². The molecule has 1 atom stereocenters. The van der Waals surface area contributed by atoms with Gasteiger partial charge in [0.25, 0.3) is 0 Å². The number of rotatable bonds is 6. The van der Waals surface area contributed by atoms with Crippen LogP contribution in [0.1, 0.15) is 37.8 Å². The van der Waals surface area contributed by atoms with Crippen molar-refractivity contribution in [3.8, 4) is 5.75 Å². The lowest BCUT2D eigenvalue weighted by Crippen LogP contribution is -2.43. The number of amides is 1. The number of hydrazine groups is 1. The third-order valence-electron chi connectivity index (χ3n) is 4.40. The monoisotopic (exact) mass is 366 g/mol. The van der Waals surface area contributed by atoms with Crippen molar-refractivity contribution in [2.24, 2.45) is 0 Å². The SMILES string of the molecule is CCCCOc1cc2ccccc2cc1C(N1CCC(=O)N1)C(F)(F)F. The average molecular weight is 366 g/mol. The van der Waals surface area contributed by atoms with Crippen LogP contribution in [0.15, 0.2) is 36.4 Å². The Morgan fingerprint density at radius 2 is 1.92 bits per heavy atom. The summed E-state index contributed by atoms with van der Waals surface area (Å²) >= 11 is 0. The number of nitrogens with zero attached hydrogens (tertiary/aromatic N) is 1. The van der Waals surface area contributed by atoms with Gasteiger partial charge in [0.15, 0.2) is 6.04 Å². The molecule has 26 heavy (non-hydrogen) atoms. The third kappa shape index (κ3) is 3.93. The minimum absolute atomic E-state index is 0.00420. The van der Waals surface area contributed by atoms with Gasteiger partial charge >= 0.3 is 6.18 Å². The van der Waals surface area contributed by atoms with E-state index in [-0.39, 0.29) is 24.3 Å². The second kappa shape index (κ2) is 7.53. The molecule has 0 aromatic heterocycles. The van der Waals surface area contributed by atoms with Crippen LogP contribution in [0.5, 0.6) is 5.75 Å². The summed E-state index contributed by atoms with van der Waals surface area (Å²) in [5, 5.41) is 2.47. The van der Waals surface area contributed by atoms with Crippen molar-refractivity contribution in [3.63, 3.8) is 0 Å². The highest BCUT2D eigenvalue weighted by atomic mass is 19.4. The number of carbonyl (C=O) groups excluding carboxylic acids is 1. The van der Waals surface area contributed by atoms with Crippen molar-refractivity contribution < 1.29 is 22.7 Å². The van der Waals surface area contributed by atoms with E-state index in [1.807, 2.05) is 19.1 Å². The number of unbranched alkanes of at least 4 members (excludes halogenated alkanes) is 1. The normalized spacial score (nSPS) is 16.7. The number of hydrogen-bond donors (Lipinski definition) is 1. The van der Waals surface area contributed by atoms with Crippen molar-refractivity contribution in [2.75, 3.05) is 13.2 Å². The molecule has 0 spiro atoms. The second-order valence-electron chi connectivity index (χ2n) is 6.36. The molecular weight excluding hydrogens is 345 g/mol. The largest absolute Gasteiger partial charge is 0.493 e. The first-order chi connectivity index (χ1) is 12.4. The molecule has 0 radical (unpaired) electrons. The Balaban J connectivity index is 2.08. The molecule has 1 fully saturated rings. The Morgan fingerprint density at radius 1 is 1.23 bits per heavy atom. The molecule has 4 nitrogen and oxygen atoms in total. The van der Waals surface area contributed by atoms with Gasteiger partial charge in [0.05, 0.1) is 6.61 Å². The zero-order chi connectivity index (χ0) is 18.7. The van der Waals surface area contributed by atoms with Crippen molar-refractivity contribution >= 4 is 16.7 Å². The Morgan fingerprint density at radius 3 is 2.50 bits per heavy atom. The van der Waals surface area contributed by atoms with Gasteiger partial charge in [-0.05, 0) is 29.3 Å². The van der Waals surface area contributed by atoms with Gasteiger partial charge in [0, 0.05) is 18.5 Å². The summed E-state index contributed by atoms with van der Waals surface area (Å²) in [6, 6.07) is 8.44. The van der Waals surface area contributed by atoms with Crippen LogP contribution in [-0.4, -0.2) is 30.2 Å². The summed E-state index contributed by atoms with van der Waals surface area (Å²) in [7, 11) is 0. The van der Waals surface area contributed by atoms with E-state index < -0.39 is 18.1 Å². The first kappa shape index (κ1) is 18.5. The number of hydrogen-bond acceptors (Lipinski definition) is 3. The smallest absolute Gasteiger partial charge is 0.410 e. The molecule has 2 aromatic rings. The van der Waals surface area contributed by atoms with Gasteiger partial charge in [0.1, 0.15) is 5.75 Å². The fourth-order valence-electron chi connectivity index (χ4n) is 3.11. The van der Waals surface area contributed by atoms with Crippen LogP contribution in [0.3, 0.4) is 0 Å². The summed E-state index contributed by atoms with van der Waals surface area (Å²) in [5.74, 6) is -0.200. The van der Waals surface area contributed by atoms with Crippen LogP contribution < -0.4 is 10.2 Å². The lowest BCUT2D eigenvalue weighted by Gasteiger charge is -2.30.